The summed E-state index contributed by atoms with van der Waals surface area (Å²) in [6, 6.07) is 13.1. The van der Waals surface area contributed by atoms with Gasteiger partial charge in [0.2, 0.25) is 0 Å². The molecule has 0 radical (unpaired) electrons. The first-order valence-corrected chi connectivity index (χ1v) is 7.18. The number of pyridine rings is 1. The van der Waals surface area contributed by atoms with Crippen LogP contribution in [0.15, 0.2) is 54.9 Å². The Labute approximate surface area is 133 Å². The number of nitrogens with one attached hydrogen (secondary N) is 3. The van der Waals surface area contributed by atoms with Crippen LogP contribution in [0.1, 0.15) is 11.4 Å². The normalized spacial score (nSPS) is 10.3. The molecule has 1 aromatic carbocycles. The summed E-state index contributed by atoms with van der Waals surface area (Å²) in [4.78, 5) is 20.1. The third-order valence-corrected chi connectivity index (χ3v) is 3.16. The number of hydrogen-bond donors (Lipinski definition) is 3. The molecule has 3 aromatic rings. The second-order valence-electron chi connectivity index (χ2n) is 4.87. The number of carbonyl (C=O) groups is 1. The minimum Gasteiger partial charge on any atom is -0.334 e. The average Bonchev–Trinajstić information content (AvgIpc) is 3.09. The van der Waals surface area contributed by atoms with Crippen LogP contribution in [0.4, 0.5) is 4.79 Å². The van der Waals surface area contributed by atoms with Gasteiger partial charge < -0.3 is 10.6 Å². The van der Waals surface area contributed by atoms with Gasteiger partial charge in [0.1, 0.15) is 5.82 Å². The van der Waals surface area contributed by atoms with Gasteiger partial charge in [0.25, 0.3) is 0 Å². The molecule has 2 heterocycles. The highest BCUT2D eigenvalue weighted by molar-refractivity contribution is 5.73. The number of nitrogens with zero attached hydrogens (tertiary/aromatic N) is 3. The molecule has 3 rings (SSSR count). The van der Waals surface area contributed by atoms with E-state index in [1.807, 2.05) is 42.5 Å². The maximum atomic E-state index is 11.8. The standard InChI is InChI=1S/C16H16N6O/c23-16(18-10-12-5-4-8-17-9-12)19-11-14-20-15(22-21-14)13-6-2-1-3-7-13/h1-9H,10-11H2,(H2,18,19,23)(H,20,21,22). The van der Waals surface area contributed by atoms with Crippen molar-refractivity contribution in [1.82, 2.24) is 30.8 Å². The van der Waals surface area contributed by atoms with Crippen molar-refractivity contribution in [3.8, 4) is 11.4 Å². The van der Waals surface area contributed by atoms with E-state index in [1.54, 1.807) is 12.4 Å². The fourth-order valence-corrected chi connectivity index (χ4v) is 2.00. The lowest BCUT2D eigenvalue weighted by atomic mass is 10.2. The minimum atomic E-state index is -0.272. The lowest BCUT2D eigenvalue weighted by Crippen LogP contribution is -2.34. The number of hydrogen-bond acceptors (Lipinski definition) is 4. The number of urea groups is 1. The molecule has 0 aliphatic heterocycles. The summed E-state index contributed by atoms with van der Waals surface area (Å²) in [6.45, 7) is 0.698. The molecule has 116 valence electrons. The van der Waals surface area contributed by atoms with E-state index in [2.05, 4.69) is 30.8 Å². The van der Waals surface area contributed by atoms with Crippen molar-refractivity contribution >= 4 is 6.03 Å². The predicted octanol–water partition coefficient (Wildman–Crippen LogP) is 1.87. The Balaban J connectivity index is 1.49. The van der Waals surface area contributed by atoms with E-state index in [0.29, 0.717) is 18.2 Å². The van der Waals surface area contributed by atoms with Gasteiger partial charge in [0, 0.05) is 24.5 Å². The van der Waals surface area contributed by atoms with Gasteiger partial charge in [0.15, 0.2) is 5.82 Å². The Bertz CT molecular complexity index is 757. The number of amides is 2. The molecule has 0 aliphatic rings. The van der Waals surface area contributed by atoms with Gasteiger partial charge in [-0.05, 0) is 11.6 Å². The first kappa shape index (κ1) is 14.7. The Hall–Kier alpha value is -3.22. The van der Waals surface area contributed by atoms with Crippen molar-refractivity contribution in [2.75, 3.05) is 0 Å². The number of carbonyl (C=O) groups excluding carboxylic acids is 1. The summed E-state index contributed by atoms with van der Waals surface area (Å²) >= 11 is 0. The van der Waals surface area contributed by atoms with Crippen LogP contribution in [0.5, 0.6) is 0 Å². The Kier molecular flexibility index (Phi) is 4.58. The van der Waals surface area contributed by atoms with Crippen molar-refractivity contribution in [3.05, 3.63) is 66.2 Å². The monoisotopic (exact) mass is 308 g/mol. The van der Waals surface area contributed by atoms with E-state index in [0.717, 1.165) is 11.1 Å². The molecule has 0 aliphatic carbocycles. The number of rotatable bonds is 5. The molecule has 2 amide bonds. The van der Waals surface area contributed by atoms with Gasteiger partial charge in [-0.2, -0.15) is 5.10 Å². The lowest BCUT2D eigenvalue weighted by Gasteiger charge is -2.05. The quantitative estimate of drug-likeness (QED) is 0.670. The summed E-state index contributed by atoms with van der Waals surface area (Å²) in [7, 11) is 0. The summed E-state index contributed by atoms with van der Waals surface area (Å²) in [6.07, 6.45) is 3.40. The maximum absolute atomic E-state index is 11.8. The molecule has 0 fully saturated rings. The third-order valence-electron chi connectivity index (χ3n) is 3.16. The van der Waals surface area contributed by atoms with E-state index in [-0.39, 0.29) is 12.6 Å². The summed E-state index contributed by atoms with van der Waals surface area (Å²) in [5, 5.41) is 12.4. The smallest absolute Gasteiger partial charge is 0.315 e. The zero-order chi connectivity index (χ0) is 15.9. The molecule has 7 heteroatoms. The lowest BCUT2D eigenvalue weighted by molar-refractivity contribution is 0.240. The van der Waals surface area contributed by atoms with E-state index >= 15 is 0 Å². The van der Waals surface area contributed by atoms with E-state index in [9.17, 15) is 4.79 Å². The fourth-order valence-electron chi connectivity index (χ4n) is 2.00. The highest BCUT2D eigenvalue weighted by Gasteiger charge is 2.06. The van der Waals surface area contributed by atoms with E-state index in [1.165, 1.54) is 0 Å². The first-order chi connectivity index (χ1) is 11.3. The molecule has 0 saturated heterocycles. The molecule has 0 spiro atoms. The van der Waals surface area contributed by atoms with E-state index in [4.69, 9.17) is 0 Å². The summed E-state index contributed by atoms with van der Waals surface area (Å²) in [5.41, 5.74) is 1.87. The summed E-state index contributed by atoms with van der Waals surface area (Å²) in [5.74, 6) is 1.21. The molecule has 0 bridgehead atoms. The molecule has 7 nitrogen and oxygen atoms in total. The van der Waals surface area contributed by atoms with Gasteiger partial charge in [-0.1, -0.05) is 36.4 Å². The van der Waals surface area contributed by atoms with Crippen LogP contribution in [0.2, 0.25) is 0 Å². The van der Waals surface area contributed by atoms with Crippen LogP contribution in [0.3, 0.4) is 0 Å². The van der Waals surface area contributed by atoms with Crippen LogP contribution in [0, 0.1) is 0 Å². The number of H-pyrrole nitrogens is 1. The van der Waals surface area contributed by atoms with Crippen molar-refractivity contribution in [3.63, 3.8) is 0 Å². The maximum Gasteiger partial charge on any atom is 0.315 e. The van der Waals surface area contributed by atoms with Gasteiger partial charge in [-0.3, -0.25) is 10.1 Å². The topological polar surface area (TPSA) is 95.6 Å². The van der Waals surface area contributed by atoms with Gasteiger partial charge in [-0.25, -0.2) is 9.78 Å². The molecule has 3 N–H and O–H groups in total. The third kappa shape index (κ3) is 4.13. The molecule has 0 atom stereocenters. The van der Waals surface area contributed by atoms with Crippen LogP contribution in [-0.2, 0) is 13.1 Å². The zero-order valence-electron chi connectivity index (χ0n) is 12.4. The van der Waals surface area contributed by atoms with Crippen LogP contribution < -0.4 is 10.6 Å². The van der Waals surface area contributed by atoms with Gasteiger partial charge >= 0.3 is 6.03 Å². The fraction of sp³-hybridized carbons (Fsp3) is 0.125. The van der Waals surface area contributed by atoms with Gasteiger partial charge in [-0.15, -0.1) is 0 Å². The number of benzene rings is 1. The van der Waals surface area contributed by atoms with E-state index < -0.39 is 0 Å². The average molecular weight is 308 g/mol. The van der Waals surface area contributed by atoms with Crippen LogP contribution in [-0.4, -0.2) is 26.2 Å². The molecular formula is C16H16N6O. The Morgan fingerprint density at radius 2 is 1.87 bits per heavy atom. The molecule has 2 aromatic heterocycles. The van der Waals surface area contributed by atoms with Crippen molar-refractivity contribution in [2.24, 2.45) is 0 Å². The summed E-state index contributed by atoms with van der Waals surface area (Å²) < 4.78 is 0. The van der Waals surface area contributed by atoms with Crippen molar-refractivity contribution < 1.29 is 4.79 Å². The van der Waals surface area contributed by atoms with Crippen molar-refractivity contribution in [1.29, 1.82) is 0 Å². The van der Waals surface area contributed by atoms with Crippen LogP contribution >= 0.6 is 0 Å². The second kappa shape index (κ2) is 7.17. The molecule has 23 heavy (non-hydrogen) atoms. The minimum absolute atomic E-state index is 0.272. The molecule has 0 saturated carbocycles. The highest BCUT2D eigenvalue weighted by atomic mass is 16.2. The number of aromatic nitrogens is 4. The first-order valence-electron chi connectivity index (χ1n) is 7.18. The van der Waals surface area contributed by atoms with Crippen molar-refractivity contribution in [2.45, 2.75) is 13.1 Å². The van der Waals surface area contributed by atoms with Gasteiger partial charge in [0.05, 0.1) is 6.54 Å². The molecule has 0 unspecified atom stereocenters. The Morgan fingerprint density at radius 3 is 2.65 bits per heavy atom. The highest BCUT2D eigenvalue weighted by Crippen LogP contribution is 2.12. The number of aromatic amines is 1. The molecular weight excluding hydrogens is 292 g/mol. The second-order valence-corrected chi connectivity index (χ2v) is 4.87. The van der Waals surface area contributed by atoms with Crippen LogP contribution in [0.25, 0.3) is 11.4 Å². The Morgan fingerprint density at radius 1 is 1.04 bits per heavy atom. The zero-order valence-corrected chi connectivity index (χ0v) is 12.4. The largest absolute Gasteiger partial charge is 0.334 e. The predicted molar refractivity (Wildman–Crippen MR) is 85.1 cm³/mol. The SMILES string of the molecule is O=C(NCc1cccnc1)NCc1nc(-c2ccccc2)n[nH]1.